The molecule has 3 rings (SSSR count). The summed E-state index contributed by atoms with van der Waals surface area (Å²) in [6.07, 6.45) is 1.35. The molecular formula is C19H16N2O4S. The van der Waals surface area contributed by atoms with Gasteiger partial charge in [0.15, 0.2) is 11.5 Å². The van der Waals surface area contributed by atoms with Crippen LogP contribution in [0.2, 0.25) is 0 Å². The molecule has 2 aromatic carbocycles. The van der Waals surface area contributed by atoms with Crippen LogP contribution in [0.3, 0.4) is 0 Å². The van der Waals surface area contributed by atoms with Crippen molar-refractivity contribution in [2.45, 2.75) is 0 Å². The molecule has 0 aliphatic heterocycles. The van der Waals surface area contributed by atoms with E-state index in [-0.39, 0.29) is 17.1 Å². The highest BCUT2D eigenvalue weighted by Gasteiger charge is 2.14. The van der Waals surface area contributed by atoms with Gasteiger partial charge in [-0.15, -0.1) is 0 Å². The average Bonchev–Trinajstić information content (AvgIpc) is 3.17. The van der Waals surface area contributed by atoms with Crippen LogP contribution in [-0.4, -0.2) is 29.4 Å². The van der Waals surface area contributed by atoms with E-state index in [0.717, 1.165) is 11.1 Å². The maximum atomic E-state index is 12.1. The number of benzene rings is 2. The lowest BCUT2D eigenvalue weighted by Crippen LogP contribution is -2.17. The van der Waals surface area contributed by atoms with Crippen LogP contribution >= 0.6 is 11.3 Å². The summed E-state index contributed by atoms with van der Waals surface area (Å²) >= 11 is 1.53. The summed E-state index contributed by atoms with van der Waals surface area (Å²) in [6.45, 7) is 0. The van der Waals surface area contributed by atoms with Crippen molar-refractivity contribution in [3.8, 4) is 28.4 Å². The van der Waals surface area contributed by atoms with Crippen LogP contribution in [0.5, 0.6) is 17.2 Å². The maximum absolute atomic E-state index is 12.1. The predicted molar refractivity (Wildman–Crippen MR) is 101 cm³/mol. The molecule has 0 saturated heterocycles. The number of amides is 1. The van der Waals surface area contributed by atoms with Gasteiger partial charge in [-0.3, -0.25) is 4.79 Å². The number of methoxy groups -OCH3 is 1. The zero-order valence-corrected chi connectivity index (χ0v) is 14.7. The molecular weight excluding hydrogens is 352 g/mol. The molecule has 0 atom stereocenters. The zero-order chi connectivity index (χ0) is 18.5. The molecule has 0 unspecified atom stereocenters. The van der Waals surface area contributed by atoms with Gasteiger partial charge >= 0.3 is 0 Å². The molecule has 3 aromatic rings. The Balaban J connectivity index is 1.90. The molecule has 0 aliphatic carbocycles. The number of carbonyl (C=O) groups excluding carboxylic acids is 1. The predicted octanol–water partition coefficient (Wildman–Crippen LogP) is 3.60. The number of carbonyl (C=O) groups is 1. The monoisotopic (exact) mass is 368 g/mol. The van der Waals surface area contributed by atoms with Crippen molar-refractivity contribution in [3.63, 3.8) is 0 Å². The normalized spacial score (nSPS) is 10.8. The number of para-hydroxylation sites is 1. The number of ether oxygens (including phenoxy) is 1. The third kappa shape index (κ3) is 3.52. The molecule has 0 radical (unpaired) electrons. The maximum Gasteiger partial charge on any atom is 0.275 e. The van der Waals surface area contributed by atoms with E-state index in [2.05, 4.69) is 10.5 Å². The molecule has 1 amide bonds. The van der Waals surface area contributed by atoms with Crippen LogP contribution in [0.1, 0.15) is 15.9 Å². The lowest BCUT2D eigenvalue weighted by Gasteiger charge is -2.10. The highest BCUT2D eigenvalue weighted by Crippen LogP contribution is 2.36. The number of phenols is 2. The van der Waals surface area contributed by atoms with Gasteiger partial charge in [-0.05, 0) is 52.2 Å². The molecule has 0 aliphatic rings. The smallest absolute Gasteiger partial charge is 0.275 e. The first-order chi connectivity index (χ1) is 12.6. The summed E-state index contributed by atoms with van der Waals surface area (Å²) in [5.74, 6) is -0.462. The fourth-order valence-corrected chi connectivity index (χ4v) is 3.09. The minimum absolute atomic E-state index is 0.0724. The number of hydrazone groups is 1. The molecule has 0 fully saturated rings. The van der Waals surface area contributed by atoms with Crippen molar-refractivity contribution in [1.29, 1.82) is 0 Å². The molecule has 3 N–H and O–H groups in total. The lowest BCUT2D eigenvalue weighted by molar-refractivity contribution is 0.0952. The Kier molecular flexibility index (Phi) is 5.19. The molecule has 1 heterocycles. The van der Waals surface area contributed by atoms with E-state index in [9.17, 15) is 15.0 Å². The fourth-order valence-electron chi connectivity index (χ4n) is 2.43. The van der Waals surface area contributed by atoms with E-state index >= 15 is 0 Å². The number of hydrogen-bond donors (Lipinski definition) is 3. The van der Waals surface area contributed by atoms with E-state index in [4.69, 9.17) is 4.74 Å². The SMILES string of the molecule is COc1ccc(-c2ccsc2)c(/C=N/NC(=O)c2ccccc2O)c1O. The van der Waals surface area contributed by atoms with E-state index in [0.29, 0.717) is 11.3 Å². The summed E-state index contributed by atoms with van der Waals surface area (Å²) in [6, 6.07) is 11.6. The van der Waals surface area contributed by atoms with E-state index in [1.165, 1.54) is 36.8 Å². The Hall–Kier alpha value is -3.32. The highest BCUT2D eigenvalue weighted by atomic mass is 32.1. The molecule has 1 aromatic heterocycles. The van der Waals surface area contributed by atoms with Gasteiger partial charge in [0.25, 0.3) is 5.91 Å². The third-order valence-corrected chi connectivity index (χ3v) is 4.42. The van der Waals surface area contributed by atoms with Crippen molar-refractivity contribution in [2.24, 2.45) is 5.10 Å². The Bertz CT molecular complexity index is 952. The van der Waals surface area contributed by atoms with Gasteiger partial charge in [0, 0.05) is 5.56 Å². The number of nitrogens with one attached hydrogen (secondary N) is 1. The van der Waals surface area contributed by atoms with Crippen LogP contribution in [0.15, 0.2) is 58.3 Å². The molecule has 6 nitrogen and oxygen atoms in total. The third-order valence-electron chi connectivity index (χ3n) is 3.74. The minimum Gasteiger partial charge on any atom is -0.507 e. The van der Waals surface area contributed by atoms with Gasteiger partial charge < -0.3 is 14.9 Å². The summed E-state index contributed by atoms with van der Waals surface area (Å²) < 4.78 is 5.14. The van der Waals surface area contributed by atoms with Gasteiger partial charge in [-0.1, -0.05) is 12.1 Å². The number of aromatic hydroxyl groups is 2. The van der Waals surface area contributed by atoms with Crippen molar-refractivity contribution in [2.75, 3.05) is 7.11 Å². The summed E-state index contributed by atoms with van der Waals surface area (Å²) in [4.78, 5) is 12.1. The number of hydrogen-bond acceptors (Lipinski definition) is 6. The van der Waals surface area contributed by atoms with Crippen molar-refractivity contribution in [3.05, 3.63) is 64.4 Å². The number of thiophene rings is 1. The van der Waals surface area contributed by atoms with Crippen LogP contribution in [0, 0.1) is 0 Å². The first-order valence-corrected chi connectivity index (χ1v) is 8.60. The van der Waals surface area contributed by atoms with Crippen LogP contribution in [0.4, 0.5) is 0 Å². The first kappa shape index (κ1) is 17.5. The standard InChI is InChI=1S/C19H16N2O4S/c1-25-17-7-6-13(12-8-9-26-11-12)15(18(17)23)10-20-21-19(24)14-4-2-3-5-16(14)22/h2-11,22-23H,1H3,(H,21,24)/b20-10+. The van der Waals surface area contributed by atoms with Crippen molar-refractivity contribution in [1.82, 2.24) is 5.43 Å². The lowest BCUT2D eigenvalue weighted by atomic mass is 10.0. The Morgan fingerprint density at radius 1 is 1.19 bits per heavy atom. The summed E-state index contributed by atoms with van der Waals surface area (Å²) in [5, 5.41) is 27.9. The molecule has 26 heavy (non-hydrogen) atoms. The van der Waals surface area contributed by atoms with Gasteiger partial charge in [0.05, 0.1) is 18.9 Å². The van der Waals surface area contributed by atoms with E-state index in [1.54, 1.807) is 18.2 Å². The van der Waals surface area contributed by atoms with Crippen LogP contribution < -0.4 is 10.2 Å². The summed E-state index contributed by atoms with van der Waals surface area (Å²) in [5.41, 5.74) is 4.55. The van der Waals surface area contributed by atoms with Gasteiger partial charge in [-0.25, -0.2) is 5.43 Å². The topological polar surface area (TPSA) is 91.2 Å². The van der Waals surface area contributed by atoms with Crippen LogP contribution in [-0.2, 0) is 0 Å². The molecule has 0 saturated carbocycles. The molecule has 132 valence electrons. The highest BCUT2D eigenvalue weighted by molar-refractivity contribution is 7.08. The zero-order valence-electron chi connectivity index (χ0n) is 13.8. The van der Waals surface area contributed by atoms with Gasteiger partial charge in [0.2, 0.25) is 0 Å². The average molecular weight is 368 g/mol. The van der Waals surface area contributed by atoms with Crippen LogP contribution in [0.25, 0.3) is 11.1 Å². The molecule has 7 heteroatoms. The largest absolute Gasteiger partial charge is 0.507 e. The van der Waals surface area contributed by atoms with E-state index < -0.39 is 5.91 Å². The van der Waals surface area contributed by atoms with Crippen molar-refractivity contribution >= 4 is 23.5 Å². The van der Waals surface area contributed by atoms with Gasteiger partial charge in [-0.2, -0.15) is 16.4 Å². The Labute approximate surface area is 154 Å². The Morgan fingerprint density at radius 2 is 2.00 bits per heavy atom. The second-order valence-electron chi connectivity index (χ2n) is 5.31. The minimum atomic E-state index is -0.557. The van der Waals surface area contributed by atoms with E-state index in [1.807, 2.05) is 22.9 Å². The van der Waals surface area contributed by atoms with Gasteiger partial charge in [0.1, 0.15) is 5.75 Å². The number of rotatable bonds is 5. The number of nitrogens with zero attached hydrogens (tertiary/aromatic N) is 1. The second-order valence-corrected chi connectivity index (χ2v) is 6.09. The second kappa shape index (κ2) is 7.71. The number of phenolic OH excluding ortho intramolecular Hbond substituents is 2. The van der Waals surface area contributed by atoms with Crippen molar-refractivity contribution < 1.29 is 19.7 Å². The first-order valence-electron chi connectivity index (χ1n) is 7.65. The fraction of sp³-hybridized carbons (Fsp3) is 0.0526. The quantitative estimate of drug-likeness (QED) is 0.474. The molecule has 0 spiro atoms. The Morgan fingerprint density at radius 3 is 2.69 bits per heavy atom. The molecule has 0 bridgehead atoms. The summed E-state index contributed by atoms with van der Waals surface area (Å²) in [7, 11) is 1.46.